The molecule has 0 bridgehead atoms. The van der Waals surface area contributed by atoms with E-state index in [-0.39, 0.29) is 0 Å². The van der Waals surface area contributed by atoms with E-state index in [0.717, 1.165) is 31.6 Å². The molecule has 1 aromatic rings. The van der Waals surface area contributed by atoms with Crippen molar-refractivity contribution in [2.24, 2.45) is 5.92 Å². The summed E-state index contributed by atoms with van der Waals surface area (Å²) in [6, 6.07) is 4.60. The Morgan fingerprint density at radius 2 is 1.69 bits per heavy atom. The third-order valence-electron chi connectivity index (χ3n) is 3.49. The lowest BCUT2D eigenvalue weighted by molar-refractivity contribution is -0.192. The Morgan fingerprint density at radius 3 is 2.08 bits per heavy atom. The number of hydrogen-bond donors (Lipinski definition) is 3. The van der Waals surface area contributed by atoms with Gasteiger partial charge in [-0.25, -0.2) is 4.79 Å². The highest BCUT2D eigenvalue weighted by molar-refractivity contribution is 5.73. The van der Waals surface area contributed by atoms with Crippen LogP contribution in [0.15, 0.2) is 36.4 Å². The lowest BCUT2D eigenvalue weighted by atomic mass is 10.0. The molecule has 0 spiro atoms. The zero-order valence-corrected chi connectivity index (χ0v) is 13.3. The molecule has 1 fully saturated rings. The Labute approximate surface area is 145 Å². The van der Waals surface area contributed by atoms with Gasteiger partial charge < -0.3 is 15.5 Å². The second-order valence-corrected chi connectivity index (χ2v) is 5.51. The number of aliphatic hydroxyl groups is 1. The maximum atomic E-state index is 12.4. The van der Waals surface area contributed by atoms with Gasteiger partial charge in [0, 0.05) is 6.54 Å². The summed E-state index contributed by atoms with van der Waals surface area (Å²) in [5, 5.41) is 20.2. The molecule has 10 heteroatoms. The zero-order chi connectivity index (χ0) is 20.0. The molecule has 2 atom stereocenters. The Balaban J connectivity index is 0.000000412. The molecule has 0 aromatic heterocycles. The quantitative estimate of drug-likeness (QED) is 0.550. The van der Waals surface area contributed by atoms with E-state index in [1.165, 1.54) is 12.1 Å². The minimum atomic E-state index is -5.08. The second kappa shape index (κ2) is 9.04. The number of benzene rings is 1. The van der Waals surface area contributed by atoms with Crippen LogP contribution in [0.2, 0.25) is 0 Å². The van der Waals surface area contributed by atoms with Gasteiger partial charge in [0.15, 0.2) is 0 Å². The van der Waals surface area contributed by atoms with E-state index in [1.54, 1.807) is 6.08 Å². The van der Waals surface area contributed by atoms with Crippen molar-refractivity contribution in [3.05, 3.63) is 47.5 Å². The number of carbonyl (C=O) groups is 1. The van der Waals surface area contributed by atoms with Crippen molar-refractivity contribution in [3.63, 3.8) is 0 Å². The van der Waals surface area contributed by atoms with Crippen molar-refractivity contribution in [1.29, 1.82) is 0 Å². The number of aliphatic carboxylic acids is 1. The highest BCUT2D eigenvalue weighted by Gasteiger charge is 2.38. The van der Waals surface area contributed by atoms with Crippen LogP contribution in [-0.4, -0.2) is 35.4 Å². The van der Waals surface area contributed by atoms with Crippen LogP contribution in [-0.2, 0) is 11.0 Å². The molecule has 2 unspecified atom stereocenters. The Morgan fingerprint density at radius 1 is 1.15 bits per heavy atom. The van der Waals surface area contributed by atoms with Gasteiger partial charge in [-0.2, -0.15) is 26.3 Å². The molecule has 3 N–H and O–H groups in total. The third kappa shape index (κ3) is 7.44. The standard InChI is InChI=1S/C14H16F3NO.C2HF3O2/c15-14(16,17)12-4-2-11(3-5-12)13(19)6-1-10-7-8-18-9-10;3-2(4,5)1(6)7/h1-6,10,13,18-19H,7-9H2;(H,6,7)/b6-1-;. The molecule has 146 valence electrons. The maximum absolute atomic E-state index is 12.4. The van der Waals surface area contributed by atoms with Crippen LogP contribution in [0, 0.1) is 5.92 Å². The number of aliphatic hydroxyl groups excluding tert-OH is 1. The molecule has 0 radical (unpaired) electrons. The van der Waals surface area contributed by atoms with Gasteiger partial charge in [-0.3, -0.25) is 0 Å². The molecule has 1 aliphatic heterocycles. The molecular formula is C16H17F6NO3. The first kappa shape index (κ1) is 22.0. The predicted molar refractivity (Wildman–Crippen MR) is 80.2 cm³/mol. The number of halogens is 6. The van der Waals surface area contributed by atoms with E-state index in [9.17, 15) is 31.4 Å². The predicted octanol–water partition coefficient (Wildman–Crippen LogP) is 3.54. The Kier molecular flexibility index (Phi) is 7.64. The minimum absolute atomic E-state index is 0.393. The molecule has 2 rings (SSSR count). The average molecular weight is 385 g/mol. The third-order valence-corrected chi connectivity index (χ3v) is 3.49. The Hall–Kier alpha value is -2.07. The summed E-state index contributed by atoms with van der Waals surface area (Å²) >= 11 is 0. The number of carboxylic acids is 1. The molecule has 0 amide bonds. The van der Waals surface area contributed by atoms with Crippen molar-refractivity contribution < 1.29 is 41.4 Å². The van der Waals surface area contributed by atoms with E-state index in [1.807, 2.05) is 6.08 Å². The zero-order valence-electron chi connectivity index (χ0n) is 13.3. The van der Waals surface area contributed by atoms with Crippen molar-refractivity contribution in [3.8, 4) is 0 Å². The van der Waals surface area contributed by atoms with Crippen LogP contribution in [0.4, 0.5) is 26.3 Å². The lowest BCUT2D eigenvalue weighted by Gasteiger charge is -2.10. The maximum Gasteiger partial charge on any atom is 0.490 e. The summed E-state index contributed by atoms with van der Waals surface area (Å²) in [4.78, 5) is 8.90. The SMILES string of the molecule is O=C(O)C(F)(F)F.OC(/C=C\C1CCNC1)c1ccc(C(F)(F)F)cc1. The first-order chi connectivity index (χ1) is 11.9. The minimum Gasteiger partial charge on any atom is -0.475 e. The lowest BCUT2D eigenvalue weighted by Crippen LogP contribution is -2.21. The van der Waals surface area contributed by atoms with Crippen LogP contribution in [0.5, 0.6) is 0 Å². The van der Waals surface area contributed by atoms with Gasteiger partial charge in [-0.05, 0) is 36.6 Å². The van der Waals surface area contributed by atoms with Crippen LogP contribution in [0.3, 0.4) is 0 Å². The molecular weight excluding hydrogens is 368 g/mol. The fourth-order valence-electron chi connectivity index (χ4n) is 2.08. The molecule has 0 aliphatic carbocycles. The fraction of sp³-hybridized carbons (Fsp3) is 0.438. The molecule has 1 saturated heterocycles. The molecule has 26 heavy (non-hydrogen) atoms. The number of hydrogen-bond acceptors (Lipinski definition) is 3. The summed E-state index contributed by atoms with van der Waals surface area (Å²) in [6.07, 6.45) is -5.70. The van der Waals surface area contributed by atoms with Crippen LogP contribution >= 0.6 is 0 Å². The van der Waals surface area contributed by atoms with Gasteiger partial charge in [-0.1, -0.05) is 24.3 Å². The number of nitrogens with one attached hydrogen (secondary N) is 1. The van der Waals surface area contributed by atoms with E-state index >= 15 is 0 Å². The second-order valence-electron chi connectivity index (χ2n) is 5.51. The van der Waals surface area contributed by atoms with E-state index < -0.39 is 30.0 Å². The van der Waals surface area contributed by atoms with Crippen LogP contribution in [0.1, 0.15) is 23.7 Å². The van der Waals surface area contributed by atoms with Crippen molar-refractivity contribution in [1.82, 2.24) is 5.32 Å². The molecule has 1 aromatic carbocycles. The van der Waals surface area contributed by atoms with Crippen molar-refractivity contribution >= 4 is 5.97 Å². The molecule has 1 aliphatic rings. The number of rotatable bonds is 3. The average Bonchev–Trinajstić information content (AvgIpc) is 3.05. The van der Waals surface area contributed by atoms with Gasteiger partial charge in [0.25, 0.3) is 0 Å². The number of alkyl halides is 6. The largest absolute Gasteiger partial charge is 0.490 e. The smallest absolute Gasteiger partial charge is 0.475 e. The van der Waals surface area contributed by atoms with Gasteiger partial charge in [-0.15, -0.1) is 0 Å². The van der Waals surface area contributed by atoms with Crippen molar-refractivity contribution in [2.75, 3.05) is 13.1 Å². The topological polar surface area (TPSA) is 69.6 Å². The van der Waals surface area contributed by atoms with Gasteiger partial charge in [0.1, 0.15) is 0 Å². The first-order valence-corrected chi connectivity index (χ1v) is 7.45. The molecule has 1 heterocycles. The summed E-state index contributed by atoms with van der Waals surface area (Å²) < 4.78 is 68.9. The molecule has 0 saturated carbocycles. The van der Waals surface area contributed by atoms with E-state index in [4.69, 9.17) is 9.90 Å². The summed E-state index contributed by atoms with van der Waals surface area (Å²) in [5.74, 6) is -2.36. The monoisotopic (exact) mass is 385 g/mol. The highest BCUT2D eigenvalue weighted by atomic mass is 19.4. The molecule has 4 nitrogen and oxygen atoms in total. The summed E-state index contributed by atoms with van der Waals surface area (Å²) in [7, 11) is 0. The van der Waals surface area contributed by atoms with Crippen LogP contribution in [0.25, 0.3) is 0 Å². The van der Waals surface area contributed by atoms with Crippen LogP contribution < -0.4 is 5.32 Å². The first-order valence-electron chi connectivity index (χ1n) is 7.45. The Bertz CT molecular complexity index is 604. The number of carboxylic acid groups (broad SMARTS) is 1. The van der Waals surface area contributed by atoms with Gasteiger partial charge in [0.05, 0.1) is 11.7 Å². The normalized spacial score (nSPS) is 19.1. The summed E-state index contributed by atoms with van der Waals surface area (Å²) in [5.41, 5.74) is -0.234. The van der Waals surface area contributed by atoms with Gasteiger partial charge in [0.2, 0.25) is 0 Å². The highest BCUT2D eigenvalue weighted by Crippen LogP contribution is 2.30. The van der Waals surface area contributed by atoms with Gasteiger partial charge >= 0.3 is 18.3 Å². The fourth-order valence-corrected chi connectivity index (χ4v) is 2.08. The van der Waals surface area contributed by atoms with Crippen molar-refractivity contribution in [2.45, 2.75) is 24.9 Å². The van der Waals surface area contributed by atoms with E-state index in [2.05, 4.69) is 5.32 Å². The van der Waals surface area contributed by atoms with E-state index in [0.29, 0.717) is 11.5 Å². The summed E-state index contributed by atoms with van der Waals surface area (Å²) in [6.45, 7) is 1.85.